The molecule has 1 rings (SSSR count). The summed E-state index contributed by atoms with van der Waals surface area (Å²) in [5.41, 5.74) is 6.56. The molecule has 0 aliphatic rings. The Bertz CT molecular complexity index is 941. The van der Waals surface area contributed by atoms with Gasteiger partial charge in [-0.15, -0.1) is 5.10 Å². The van der Waals surface area contributed by atoms with Crippen molar-refractivity contribution in [2.45, 2.75) is 32.9 Å². The zero-order valence-electron chi connectivity index (χ0n) is 30.5. The number of nitrogens with zero attached hydrogens (tertiary/aromatic N) is 3. The molecule has 0 radical (unpaired) electrons. The zero-order valence-corrected chi connectivity index (χ0v) is 32.1. The van der Waals surface area contributed by atoms with E-state index in [1.54, 1.807) is 4.68 Å². The summed E-state index contributed by atoms with van der Waals surface area (Å²) in [6.45, 7) is 14.3. The van der Waals surface area contributed by atoms with Crippen LogP contribution in [0.15, 0.2) is 6.20 Å². The third-order valence-electron chi connectivity index (χ3n) is 6.30. The van der Waals surface area contributed by atoms with Crippen molar-refractivity contribution in [2.24, 2.45) is 5.73 Å². The lowest BCUT2D eigenvalue weighted by Crippen LogP contribution is -2.30. The average molecular weight is 772 g/mol. The Hall–Kier alpha value is -1.46. The second-order valence-electron chi connectivity index (χ2n) is 10.7. The van der Waals surface area contributed by atoms with Gasteiger partial charge in [-0.25, -0.2) is 4.68 Å². The number of nitrogens with two attached hydrogens (primary N) is 1. The Labute approximate surface area is 310 Å². The Morgan fingerprint density at radius 1 is 0.667 bits per heavy atom. The SMILES string of the molecule is CC(=O)[C@@H](N)CSSCCC(=O)NCCOCCOCCOCCOCCOCCOCCOCCOCCOCCOCCn1cc(C)nn1. The molecule has 0 bridgehead atoms. The highest BCUT2D eigenvalue weighted by molar-refractivity contribution is 8.76. The van der Waals surface area contributed by atoms with Crippen LogP contribution in [0, 0.1) is 6.92 Å². The van der Waals surface area contributed by atoms with Crippen molar-refractivity contribution in [3.05, 3.63) is 11.9 Å². The molecule has 1 aromatic heterocycles. The van der Waals surface area contributed by atoms with Gasteiger partial charge in [0, 0.05) is 30.7 Å². The summed E-state index contributed by atoms with van der Waals surface area (Å²) in [5, 5.41) is 10.7. The van der Waals surface area contributed by atoms with E-state index in [0.29, 0.717) is 163 Å². The van der Waals surface area contributed by atoms with Crippen molar-refractivity contribution < 1.29 is 57.0 Å². The van der Waals surface area contributed by atoms with E-state index in [1.807, 2.05) is 13.1 Å². The van der Waals surface area contributed by atoms with Gasteiger partial charge in [0.15, 0.2) is 0 Å². The molecule has 0 saturated heterocycles. The first-order chi connectivity index (χ1) is 25.0. The second-order valence-corrected chi connectivity index (χ2v) is 13.3. The lowest BCUT2D eigenvalue weighted by Gasteiger charge is -2.09. The lowest BCUT2D eigenvalue weighted by atomic mass is 10.3. The van der Waals surface area contributed by atoms with Gasteiger partial charge in [-0.05, 0) is 13.8 Å². The fourth-order valence-corrected chi connectivity index (χ4v) is 5.72. The molecular weight excluding hydrogens is 711 g/mol. The van der Waals surface area contributed by atoms with E-state index in [2.05, 4.69) is 15.6 Å². The number of aryl methyl sites for hydroxylation is 1. The Kier molecular flexibility index (Phi) is 34.4. The summed E-state index contributed by atoms with van der Waals surface area (Å²) in [4.78, 5) is 22.9. The van der Waals surface area contributed by atoms with Gasteiger partial charge >= 0.3 is 0 Å². The van der Waals surface area contributed by atoms with Crippen LogP contribution in [0.3, 0.4) is 0 Å². The van der Waals surface area contributed by atoms with Crippen molar-refractivity contribution in [3.63, 3.8) is 0 Å². The van der Waals surface area contributed by atoms with E-state index in [4.69, 9.17) is 53.1 Å². The molecule has 1 heterocycles. The Morgan fingerprint density at radius 3 is 1.43 bits per heavy atom. The van der Waals surface area contributed by atoms with Gasteiger partial charge in [0.1, 0.15) is 5.78 Å². The van der Waals surface area contributed by atoms with Gasteiger partial charge in [-0.1, -0.05) is 26.8 Å². The minimum atomic E-state index is -0.445. The monoisotopic (exact) mass is 771 g/mol. The van der Waals surface area contributed by atoms with E-state index in [9.17, 15) is 9.59 Å². The number of ketones is 1. The number of rotatable bonds is 40. The summed E-state index contributed by atoms with van der Waals surface area (Å²) >= 11 is 0. The normalized spacial score (nSPS) is 12.1. The van der Waals surface area contributed by atoms with E-state index in [-0.39, 0.29) is 11.7 Å². The largest absolute Gasteiger partial charge is 0.377 e. The minimum absolute atomic E-state index is 0.0276. The number of nitrogens with one attached hydrogen (secondary N) is 1. The molecule has 1 aromatic rings. The summed E-state index contributed by atoms with van der Waals surface area (Å²) in [6, 6.07) is -0.445. The minimum Gasteiger partial charge on any atom is -0.377 e. The van der Waals surface area contributed by atoms with Crippen molar-refractivity contribution in [1.82, 2.24) is 20.3 Å². The van der Waals surface area contributed by atoms with Gasteiger partial charge in [-0.3, -0.25) is 9.59 Å². The van der Waals surface area contributed by atoms with Crippen molar-refractivity contribution >= 4 is 33.3 Å². The first kappa shape index (κ1) is 47.6. The highest BCUT2D eigenvalue weighted by Gasteiger charge is 2.08. The van der Waals surface area contributed by atoms with Crippen LogP contribution in [0.25, 0.3) is 0 Å². The molecule has 0 saturated carbocycles. The maximum Gasteiger partial charge on any atom is 0.220 e. The van der Waals surface area contributed by atoms with E-state index < -0.39 is 6.04 Å². The third-order valence-corrected chi connectivity index (χ3v) is 8.74. The quantitative estimate of drug-likeness (QED) is 0.0693. The summed E-state index contributed by atoms with van der Waals surface area (Å²) in [6.07, 6.45) is 2.28. The number of ether oxygens (including phenoxy) is 10. The first-order valence-corrected chi connectivity index (χ1v) is 19.9. The van der Waals surface area contributed by atoms with Crippen molar-refractivity contribution in [2.75, 3.05) is 150 Å². The highest BCUT2D eigenvalue weighted by atomic mass is 33.1. The fourth-order valence-electron chi connectivity index (χ4n) is 3.53. The highest BCUT2D eigenvalue weighted by Crippen LogP contribution is 2.22. The smallest absolute Gasteiger partial charge is 0.220 e. The predicted octanol–water partition coefficient (Wildman–Crippen LogP) is 0.557. The molecule has 1 amide bonds. The van der Waals surface area contributed by atoms with Gasteiger partial charge in [0.05, 0.1) is 150 Å². The molecule has 3 N–H and O–H groups in total. The standard InChI is InChI=1S/C32H61N5O12S2/c1-29-27-37(36-35-29)5-7-41-9-11-43-13-15-45-17-19-47-21-23-49-25-24-48-22-20-46-18-16-44-14-12-42-10-8-40-6-4-34-32(39)3-26-50-51-28-31(33)30(2)38/h27,31H,3-26,28,33H2,1-2H3,(H,34,39)/t31-/m0/s1. The number of aromatic nitrogens is 3. The molecule has 0 fully saturated rings. The summed E-state index contributed by atoms with van der Waals surface area (Å²) < 4.78 is 56.5. The lowest BCUT2D eigenvalue weighted by molar-refractivity contribution is -0.121. The number of hydrogen-bond donors (Lipinski definition) is 2. The topological polar surface area (TPSA) is 195 Å². The fraction of sp³-hybridized carbons (Fsp3) is 0.875. The molecule has 0 spiro atoms. The summed E-state index contributed by atoms with van der Waals surface area (Å²) in [5.74, 6) is 1.15. The van der Waals surface area contributed by atoms with Crippen LogP contribution in [-0.2, 0) is 63.5 Å². The molecule has 19 heteroatoms. The molecular formula is C32H61N5O12S2. The number of hydrogen-bond acceptors (Lipinski definition) is 17. The molecule has 17 nitrogen and oxygen atoms in total. The van der Waals surface area contributed by atoms with Crippen LogP contribution in [0.4, 0.5) is 0 Å². The first-order valence-electron chi connectivity index (χ1n) is 17.4. The number of Topliss-reactive ketones (excluding diaryl/α,β-unsaturated/α-hetero) is 1. The third kappa shape index (κ3) is 34.1. The molecule has 0 aromatic carbocycles. The van der Waals surface area contributed by atoms with Gasteiger partial charge < -0.3 is 58.4 Å². The predicted molar refractivity (Wildman–Crippen MR) is 194 cm³/mol. The number of carbonyl (C=O) groups is 2. The Morgan fingerprint density at radius 2 is 1.06 bits per heavy atom. The van der Waals surface area contributed by atoms with Gasteiger partial charge in [0.25, 0.3) is 0 Å². The van der Waals surface area contributed by atoms with Gasteiger partial charge in [-0.2, -0.15) is 0 Å². The van der Waals surface area contributed by atoms with Crippen LogP contribution in [0.2, 0.25) is 0 Å². The number of amides is 1. The van der Waals surface area contributed by atoms with Crippen LogP contribution >= 0.6 is 21.6 Å². The van der Waals surface area contributed by atoms with Crippen molar-refractivity contribution in [1.29, 1.82) is 0 Å². The molecule has 0 unspecified atom stereocenters. The maximum atomic E-state index is 11.8. The van der Waals surface area contributed by atoms with Crippen LogP contribution < -0.4 is 11.1 Å². The zero-order chi connectivity index (χ0) is 36.9. The molecule has 1 atom stereocenters. The van der Waals surface area contributed by atoms with Crippen LogP contribution in [0.5, 0.6) is 0 Å². The van der Waals surface area contributed by atoms with Crippen LogP contribution in [-0.4, -0.2) is 183 Å². The second kappa shape index (κ2) is 36.9. The molecule has 51 heavy (non-hydrogen) atoms. The van der Waals surface area contributed by atoms with E-state index in [1.165, 1.54) is 28.5 Å². The molecule has 0 aliphatic carbocycles. The van der Waals surface area contributed by atoms with E-state index >= 15 is 0 Å². The summed E-state index contributed by atoms with van der Waals surface area (Å²) in [7, 11) is 3.05. The molecule has 0 aliphatic heterocycles. The molecule has 298 valence electrons. The van der Waals surface area contributed by atoms with E-state index in [0.717, 1.165) is 5.69 Å². The maximum absolute atomic E-state index is 11.8. The Balaban J connectivity index is 1.64. The van der Waals surface area contributed by atoms with Crippen molar-refractivity contribution in [3.8, 4) is 0 Å². The van der Waals surface area contributed by atoms with Crippen LogP contribution in [0.1, 0.15) is 19.0 Å². The van der Waals surface area contributed by atoms with Gasteiger partial charge in [0.2, 0.25) is 5.91 Å². The average Bonchev–Trinajstić information content (AvgIpc) is 3.54. The number of carbonyl (C=O) groups excluding carboxylic acids is 2.